The van der Waals surface area contributed by atoms with Crippen molar-refractivity contribution in [2.75, 3.05) is 13.1 Å². The van der Waals surface area contributed by atoms with Crippen molar-refractivity contribution in [3.8, 4) is 0 Å². The first kappa shape index (κ1) is 10.9. The minimum absolute atomic E-state index is 0.0496. The highest BCUT2D eigenvalue weighted by atomic mass is 19.1. The maximum absolute atomic E-state index is 13.6. The van der Waals surface area contributed by atoms with Gasteiger partial charge in [0, 0.05) is 12.1 Å². The van der Waals surface area contributed by atoms with E-state index >= 15 is 0 Å². The Morgan fingerprint density at radius 3 is 2.62 bits per heavy atom. The smallest absolute Gasteiger partial charge is 0.191 e. The summed E-state index contributed by atoms with van der Waals surface area (Å²) in [6, 6.07) is 3.43. The van der Waals surface area contributed by atoms with Crippen molar-refractivity contribution in [1.29, 1.82) is 0 Å². The lowest BCUT2D eigenvalue weighted by atomic mass is 10.0. The molecule has 0 spiro atoms. The molecule has 0 aromatic heterocycles. The van der Waals surface area contributed by atoms with Crippen LogP contribution in [0.25, 0.3) is 0 Å². The highest BCUT2D eigenvalue weighted by Crippen LogP contribution is 2.29. The van der Waals surface area contributed by atoms with Crippen molar-refractivity contribution >= 4 is 5.96 Å². The zero-order valence-electron chi connectivity index (χ0n) is 8.95. The van der Waals surface area contributed by atoms with Crippen LogP contribution >= 0.6 is 0 Å². The third-order valence-electron chi connectivity index (χ3n) is 2.77. The van der Waals surface area contributed by atoms with Crippen molar-refractivity contribution in [3.63, 3.8) is 0 Å². The molecule has 0 saturated heterocycles. The normalized spacial score (nSPS) is 20.1. The van der Waals surface area contributed by atoms with E-state index in [0.717, 1.165) is 0 Å². The molecule has 86 valence electrons. The Morgan fingerprint density at radius 2 is 2.06 bits per heavy atom. The maximum atomic E-state index is 13.6. The number of halogens is 2. The third-order valence-corrected chi connectivity index (χ3v) is 2.77. The van der Waals surface area contributed by atoms with E-state index in [9.17, 15) is 8.78 Å². The number of benzene rings is 1. The van der Waals surface area contributed by atoms with Crippen LogP contribution in [0.1, 0.15) is 18.5 Å². The van der Waals surface area contributed by atoms with Gasteiger partial charge in [-0.15, -0.1) is 0 Å². The van der Waals surface area contributed by atoms with Crippen LogP contribution in [-0.4, -0.2) is 23.9 Å². The van der Waals surface area contributed by atoms with E-state index in [-0.39, 0.29) is 5.56 Å². The molecule has 1 aliphatic heterocycles. The molecule has 2 rings (SSSR count). The van der Waals surface area contributed by atoms with E-state index < -0.39 is 17.7 Å². The highest BCUT2D eigenvalue weighted by molar-refractivity contribution is 5.80. The number of guanidine groups is 1. The lowest BCUT2D eigenvalue weighted by Gasteiger charge is -2.25. The summed E-state index contributed by atoms with van der Waals surface area (Å²) >= 11 is 0. The van der Waals surface area contributed by atoms with E-state index in [4.69, 9.17) is 5.73 Å². The summed E-state index contributed by atoms with van der Waals surface area (Å²) in [6.07, 6.45) is 0. The number of likely N-dealkylation sites (N-methyl/N-ethyl adjacent to an activating group) is 1. The molecule has 1 heterocycles. The zero-order chi connectivity index (χ0) is 11.7. The van der Waals surface area contributed by atoms with Crippen LogP contribution in [0.2, 0.25) is 0 Å². The van der Waals surface area contributed by atoms with Gasteiger partial charge in [0.1, 0.15) is 11.6 Å². The first-order valence-corrected chi connectivity index (χ1v) is 5.15. The summed E-state index contributed by atoms with van der Waals surface area (Å²) in [6.45, 7) is 2.75. The molecule has 0 saturated carbocycles. The third kappa shape index (κ3) is 1.62. The summed E-state index contributed by atoms with van der Waals surface area (Å²) in [5, 5.41) is 0. The SMILES string of the molecule is CCN1C(N)=NCC1c1c(F)cccc1F. The summed E-state index contributed by atoms with van der Waals surface area (Å²) in [4.78, 5) is 5.71. The summed E-state index contributed by atoms with van der Waals surface area (Å²) < 4.78 is 27.2. The molecule has 0 radical (unpaired) electrons. The van der Waals surface area contributed by atoms with E-state index in [0.29, 0.717) is 19.0 Å². The predicted octanol–water partition coefficient (Wildman–Crippen LogP) is 1.66. The van der Waals surface area contributed by atoms with Crippen LogP contribution in [0.15, 0.2) is 23.2 Å². The molecular weight excluding hydrogens is 212 g/mol. The Balaban J connectivity index is 2.39. The molecule has 16 heavy (non-hydrogen) atoms. The second-order valence-electron chi connectivity index (χ2n) is 3.64. The second-order valence-corrected chi connectivity index (χ2v) is 3.64. The van der Waals surface area contributed by atoms with Gasteiger partial charge in [0.15, 0.2) is 5.96 Å². The van der Waals surface area contributed by atoms with Crippen LogP contribution in [0.3, 0.4) is 0 Å². The predicted molar refractivity (Wildman–Crippen MR) is 58.0 cm³/mol. The van der Waals surface area contributed by atoms with Gasteiger partial charge in [0.25, 0.3) is 0 Å². The Kier molecular flexibility index (Phi) is 2.77. The topological polar surface area (TPSA) is 41.6 Å². The molecule has 1 aliphatic rings. The number of hydrogen-bond donors (Lipinski definition) is 1. The van der Waals surface area contributed by atoms with Gasteiger partial charge in [-0.3, -0.25) is 4.99 Å². The van der Waals surface area contributed by atoms with Crippen LogP contribution in [0, 0.1) is 11.6 Å². The molecule has 2 N–H and O–H groups in total. The minimum atomic E-state index is -0.548. The van der Waals surface area contributed by atoms with Gasteiger partial charge in [-0.25, -0.2) is 8.78 Å². The number of hydrogen-bond acceptors (Lipinski definition) is 3. The van der Waals surface area contributed by atoms with Crippen LogP contribution in [-0.2, 0) is 0 Å². The Morgan fingerprint density at radius 1 is 1.44 bits per heavy atom. The minimum Gasteiger partial charge on any atom is -0.370 e. The molecule has 0 amide bonds. The molecule has 1 atom stereocenters. The fraction of sp³-hybridized carbons (Fsp3) is 0.364. The van der Waals surface area contributed by atoms with Gasteiger partial charge in [-0.1, -0.05) is 6.07 Å². The van der Waals surface area contributed by atoms with Gasteiger partial charge in [-0.05, 0) is 19.1 Å². The number of aliphatic imine (C=N–C) groups is 1. The molecule has 5 heteroatoms. The zero-order valence-corrected chi connectivity index (χ0v) is 8.95. The van der Waals surface area contributed by atoms with Crippen LogP contribution in [0.5, 0.6) is 0 Å². The molecule has 1 unspecified atom stereocenters. The van der Waals surface area contributed by atoms with Gasteiger partial charge >= 0.3 is 0 Å². The molecule has 0 bridgehead atoms. The Hall–Kier alpha value is -1.65. The van der Waals surface area contributed by atoms with Crippen molar-refractivity contribution in [2.45, 2.75) is 13.0 Å². The molecule has 1 aromatic carbocycles. The second kappa shape index (κ2) is 4.08. The lowest BCUT2D eigenvalue weighted by molar-refractivity contribution is 0.342. The van der Waals surface area contributed by atoms with Crippen molar-refractivity contribution in [1.82, 2.24) is 4.90 Å². The quantitative estimate of drug-likeness (QED) is 0.831. The average Bonchev–Trinajstić information content (AvgIpc) is 2.59. The van der Waals surface area contributed by atoms with E-state index in [2.05, 4.69) is 4.99 Å². The summed E-state index contributed by atoms with van der Waals surface area (Å²) in [5.74, 6) is -0.753. The average molecular weight is 225 g/mol. The lowest BCUT2D eigenvalue weighted by Crippen LogP contribution is -2.36. The largest absolute Gasteiger partial charge is 0.370 e. The monoisotopic (exact) mass is 225 g/mol. The molecular formula is C11H13F2N3. The molecule has 0 fully saturated rings. The number of nitrogens with zero attached hydrogens (tertiary/aromatic N) is 2. The first-order chi connectivity index (χ1) is 7.65. The summed E-state index contributed by atoms with van der Waals surface area (Å²) in [5.41, 5.74) is 5.70. The molecule has 3 nitrogen and oxygen atoms in total. The standard InChI is InChI=1S/C11H13F2N3/c1-2-16-9(6-15-11(16)14)10-7(12)4-3-5-8(10)13/h3-5,9H,2,6H2,1H3,(H2,14,15). The summed E-state index contributed by atoms with van der Waals surface area (Å²) in [7, 11) is 0. The highest BCUT2D eigenvalue weighted by Gasteiger charge is 2.30. The van der Waals surface area contributed by atoms with E-state index in [1.165, 1.54) is 18.2 Å². The fourth-order valence-electron chi connectivity index (χ4n) is 1.99. The Bertz CT molecular complexity index is 411. The van der Waals surface area contributed by atoms with Gasteiger partial charge < -0.3 is 10.6 Å². The maximum Gasteiger partial charge on any atom is 0.191 e. The van der Waals surface area contributed by atoms with Crippen molar-refractivity contribution in [3.05, 3.63) is 35.4 Å². The first-order valence-electron chi connectivity index (χ1n) is 5.15. The molecule has 1 aromatic rings. The molecule has 0 aliphatic carbocycles. The van der Waals surface area contributed by atoms with Crippen LogP contribution < -0.4 is 5.73 Å². The number of rotatable bonds is 2. The number of nitrogens with two attached hydrogens (primary N) is 1. The van der Waals surface area contributed by atoms with Gasteiger partial charge in [0.2, 0.25) is 0 Å². The van der Waals surface area contributed by atoms with E-state index in [1.54, 1.807) is 4.90 Å². The Labute approximate surface area is 92.6 Å². The van der Waals surface area contributed by atoms with E-state index in [1.807, 2.05) is 6.92 Å². The van der Waals surface area contributed by atoms with Gasteiger partial charge in [-0.2, -0.15) is 0 Å². The van der Waals surface area contributed by atoms with Crippen LogP contribution in [0.4, 0.5) is 8.78 Å². The fourth-order valence-corrected chi connectivity index (χ4v) is 1.99. The van der Waals surface area contributed by atoms with Crippen molar-refractivity contribution in [2.24, 2.45) is 10.7 Å². The van der Waals surface area contributed by atoms with Gasteiger partial charge in [0.05, 0.1) is 12.6 Å². The van der Waals surface area contributed by atoms with Crippen molar-refractivity contribution < 1.29 is 8.78 Å².